The topological polar surface area (TPSA) is 76.1 Å². The van der Waals surface area contributed by atoms with Crippen LogP contribution in [0.5, 0.6) is 5.75 Å². The SMILES string of the molecule is CCC(C)Oc1ccccc1/C=C/C(=O)N1CCOCC1C(=O)O. The maximum absolute atomic E-state index is 12.4. The predicted molar refractivity (Wildman–Crippen MR) is 89.8 cm³/mol. The van der Waals surface area contributed by atoms with Gasteiger partial charge in [0.2, 0.25) is 5.91 Å². The van der Waals surface area contributed by atoms with E-state index >= 15 is 0 Å². The highest BCUT2D eigenvalue weighted by Crippen LogP contribution is 2.21. The van der Waals surface area contributed by atoms with Crippen LogP contribution >= 0.6 is 0 Å². The first-order valence-corrected chi connectivity index (χ1v) is 8.07. The fourth-order valence-electron chi connectivity index (χ4n) is 2.35. The van der Waals surface area contributed by atoms with Crippen LogP contribution in [-0.2, 0) is 14.3 Å². The smallest absolute Gasteiger partial charge is 0.328 e. The Balaban J connectivity index is 2.12. The van der Waals surface area contributed by atoms with Crippen LogP contribution in [0, 0.1) is 0 Å². The molecule has 1 aliphatic rings. The van der Waals surface area contributed by atoms with Gasteiger partial charge in [0.1, 0.15) is 5.75 Å². The molecule has 1 aromatic carbocycles. The summed E-state index contributed by atoms with van der Waals surface area (Å²) in [5.41, 5.74) is 0.784. The Morgan fingerprint density at radius 1 is 1.46 bits per heavy atom. The van der Waals surface area contributed by atoms with Crippen LogP contribution < -0.4 is 4.74 Å². The molecule has 1 N–H and O–H groups in total. The molecule has 2 unspecified atom stereocenters. The van der Waals surface area contributed by atoms with Gasteiger partial charge in [0.15, 0.2) is 6.04 Å². The summed E-state index contributed by atoms with van der Waals surface area (Å²) < 4.78 is 11.0. The molecule has 24 heavy (non-hydrogen) atoms. The predicted octanol–water partition coefficient (Wildman–Crippen LogP) is 2.19. The third-order valence-corrected chi connectivity index (χ3v) is 3.92. The third kappa shape index (κ3) is 4.58. The zero-order chi connectivity index (χ0) is 17.5. The Morgan fingerprint density at radius 2 is 2.21 bits per heavy atom. The third-order valence-electron chi connectivity index (χ3n) is 3.92. The van der Waals surface area contributed by atoms with Crippen LogP contribution in [0.1, 0.15) is 25.8 Å². The Bertz CT molecular complexity index is 613. The highest BCUT2D eigenvalue weighted by Gasteiger charge is 2.31. The molecular weight excluding hydrogens is 310 g/mol. The molecule has 6 heteroatoms. The summed E-state index contributed by atoms with van der Waals surface area (Å²) in [6.45, 7) is 4.65. The summed E-state index contributed by atoms with van der Waals surface area (Å²) in [4.78, 5) is 24.9. The second kappa shape index (κ2) is 8.49. The number of carbonyl (C=O) groups excluding carboxylic acids is 1. The number of para-hydroxylation sites is 1. The summed E-state index contributed by atoms with van der Waals surface area (Å²) in [5.74, 6) is -0.700. The maximum atomic E-state index is 12.4. The highest BCUT2D eigenvalue weighted by molar-refractivity contribution is 5.94. The van der Waals surface area contributed by atoms with Gasteiger partial charge in [0, 0.05) is 18.2 Å². The van der Waals surface area contributed by atoms with E-state index in [1.807, 2.05) is 38.1 Å². The lowest BCUT2D eigenvalue weighted by molar-refractivity contribution is -0.156. The first kappa shape index (κ1) is 18.0. The Kier molecular flexibility index (Phi) is 6.37. The summed E-state index contributed by atoms with van der Waals surface area (Å²) in [6, 6.07) is 6.50. The van der Waals surface area contributed by atoms with Crippen molar-refractivity contribution in [3.63, 3.8) is 0 Å². The molecule has 1 amide bonds. The monoisotopic (exact) mass is 333 g/mol. The normalized spacial score (nSPS) is 19.2. The Hall–Kier alpha value is -2.34. The van der Waals surface area contributed by atoms with Crippen molar-refractivity contribution in [3.05, 3.63) is 35.9 Å². The van der Waals surface area contributed by atoms with Gasteiger partial charge in [-0.25, -0.2) is 4.79 Å². The van der Waals surface area contributed by atoms with E-state index in [2.05, 4.69) is 0 Å². The minimum Gasteiger partial charge on any atom is -0.490 e. The van der Waals surface area contributed by atoms with Crippen LogP contribution in [0.2, 0.25) is 0 Å². The lowest BCUT2D eigenvalue weighted by Gasteiger charge is -2.32. The molecule has 2 atom stereocenters. The lowest BCUT2D eigenvalue weighted by Crippen LogP contribution is -2.52. The molecule has 1 fully saturated rings. The van der Waals surface area contributed by atoms with E-state index in [0.717, 1.165) is 12.0 Å². The molecule has 0 aromatic heterocycles. The van der Waals surface area contributed by atoms with Gasteiger partial charge in [0.05, 0.1) is 19.3 Å². The number of nitrogens with zero attached hydrogens (tertiary/aromatic N) is 1. The Morgan fingerprint density at radius 3 is 2.92 bits per heavy atom. The van der Waals surface area contributed by atoms with E-state index in [1.54, 1.807) is 6.08 Å². The van der Waals surface area contributed by atoms with Gasteiger partial charge >= 0.3 is 5.97 Å². The number of amides is 1. The molecule has 130 valence electrons. The van der Waals surface area contributed by atoms with Crippen molar-refractivity contribution in [1.29, 1.82) is 0 Å². The fourth-order valence-corrected chi connectivity index (χ4v) is 2.35. The molecule has 0 saturated carbocycles. The van der Waals surface area contributed by atoms with Crippen molar-refractivity contribution in [3.8, 4) is 5.75 Å². The molecule has 0 bridgehead atoms. The molecule has 6 nitrogen and oxygen atoms in total. The van der Waals surface area contributed by atoms with Crippen LogP contribution in [0.15, 0.2) is 30.3 Å². The number of hydrogen-bond acceptors (Lipinski definition) is 4. The number of ether oxygens (including phenoxy) is 2. The van der Waals surface area contributed by atoms with E-state index in [4.69, 9.17) is 9.47 Å². The maximum Gasteiger partial charge on any atom is 0.328 e. The second-order valence-corrected chi connectivity index (χ2v) is 5.67. The zero-order valence-electron chi connectivity index (χ0n) is 14.0. The number of aliphatic carboxylic acids is 1. The van der Waals surface area contributed by atoms with Gasteiger partial charge in [-0.15, -0.1) is 0 Å². The van der Waals surface area contributed by atoms with Gasteiger partial charge in [-0.3, -0.25) is 4.79 Å². The molecule has 2 rings (SSSR count). The lowest BCUT2D eigenvalue weighted by atomic mass is 10.1. The summed E-state index contributed by atoms with van der Waals surface area (Å²) in [5, 5.41) is 9.20. The molecule has 1 saturated heterocycles. The minimum absolute atomic E-state index is 0.0165. The second-order valence-electron chi connectivity index (χ2n) is 5.67. The standard InChI is InChI=1S/C18H23NO5/c1-3-13(2)24-16-7-5-4-6-14(16)8-9-17(20)19-10-11-23-12-15(19)18(21)22/h4-9,13,15H,3,10-12H2,1-2H3,(H,21,22)/b9-8+. The summed E-state index contributed by atoms with van der Waals surface area (Å²) in [6.07, 6.45) is 4.00. The molecule has 0 spiro atoms. The largest absolute Gasteiger partial charge is 0.490 e. The quantitative estimate of drug-likeness (QED) is 0.808. The van der Waals surface area contributed by atoms with E-state index in [9.17, 15) is 14.7 Å². The molecule has 0 radical (unpaired) electrons. The van der Waals surface area contributed by atoms with Gasteiger partial charge < -0.3 is 19.5 Å². The number of carboxylic acids is 1. The number of carbonyl (C=O) groups is 2. The molecule has 1 aromatic rings. The van der Waals surface area contributed by atoms with E-state index < -0.39 is 12.0 Å². The van der Waals surface area contributed by atoms with E-state index in [1.165, 1.54) is 11.0 Å². The number of hydrogen-bond donors (Lipinski definition) is 1. The number of carboxylic acid groups (broad SMARTS) is 1. The first-order valence-electron chi connectivity index (χ1n) is 8.07. The van der Waals surface area contributed by atoms with Crippen molar-refractivity contribution in [2.45, 2.75) is 32.4 Å². The van der Waals surface area contributed by atoms with Crippen molar-refractivity contribution >= 4 is 18.0 Å². The van der Waals surface area contributed by atoms with Gasteiger partial charge in [-0.05, 0) is 25.5 Å². The molecule has 0 aliphatic carbocycles. The summed E-state index contributed by atoms with van der Waals surface area (Å²) in [7, 11) is 0. The van der Waals surface area contributed by atoms with Gasteiger partial charge in [-0.2, -0.15) is 0 Å². The average Bonchev–Trinajstić information content (AvgIpc) is 2.60. The van der Waals surface area contributed by atoms with Crippen molar-refractivity contribution in [2.24, 2.45) is 0 Å². The van der Waals surface area contributed by atoms with Crippen molar-refractivity contribution < 1.29 is 24.2 Å². The first-order chi connectivity index (χ1) is 11.5. The number of benzene rings is 1. The Labute approximate surface area is 141 Å². The summed E-state index contributed by atoms with van der Waals surface area (Å²) >= 11 is 0. The zero-order valence-corrected chi connectivity index (χ0v) is 14.0. The number of morpholine rings is 1. The van der Waals surface area contributed by atoms with Crippen LogP contribution in [-0.4, -0.2) is 53.8 Å². The average molecular weight is 333 g/mol. The number of rotatable bonds is 6. The minimum atomic E-state index is -1.06. The van der Waals surface area contributed by atoms with Crippen LogP contribution in [0.4, 0.5) is 0 Å². The molecule has 1 heterocycles. The van der Waals surface area contributed by atoms with Crippen molar-refractivity contribution in [1.82, 2.24) is 4.90 Å². The van der Waals surface area contributed by atoms with Crippen LogP contribution in [0.3, 0.4) is 0 Å². The molecule has 1 aliphatic heterocycles. The van der Waals surface area contributed by atoms with Crippen LogP contribution in [0.25, 0.3) is 6.08 Å². The molecular formula is C18H23NO5. The van der Waals surface area contributed by atoms with Gasteiger partial charge in [0.25, 0.3) is 0 Å². The fraction of sp³-hybridized carbons (Fsp3) is 0.444. The van der Waals surface area contributed by atoms with E-state index in [-0.39, 0.29) is 25.2 Å². The van der Waals surface area contributed by atoms with Gasteiger partial charge in [-0.1, -0.05) is 25.1 Å². The van der Waals surface area contributed by atoms with Crippen molar-refractivity contribution in [2.75, 3.05) is 19.8 Å². The van der Waals surface area contributed by atoms with E-state index in [0.29, 0.717) is 12.4 Å². The highest BCUT2D eigenvalue weighted by atomic mass is 16.5.